The number of hydrogen-bond acceptors (Lipinski definition) is 4. The first-order valence-corrected chi connectivity index (χ1v) is 7.44. The first kappa shape index (κ1) is 14.8. The molecule has 2 aliphatic rings. The molecule has 2 rings (SSSR count). The van der Waals surface area contributed by atoms with Gasteiger partial charge >= 0.3 is 0 Å². The molecule has 5 heteroatoms. The highest BCUT2D eigenvalue weighted by Crippen LogP contribution is 2.27. The molecule has 3 N–H and O–H groups in total. The van der Waals surface area contributed by atoms with Crippen molar-refractivity contribution in [2.24, 2.45) is 11.7 Å². The molecule has 1 aliphatic carbocycles. The van der Waals surface area contributed by atoms with Gasteiger partial charge in [0.15, 0.2) is 0 Å². The van der Waals surface area contributed by atoms with Gasteiger partial charge < -0.3 is 20.5 Å². The fourth-order valence-electron chi connectivity index (χ4n) is 3.20. The lowest BCUT2D eigenvalue weighted by atomic mass is 9.83. The van der Waals surface area contributed by atoms with E-state index in [4.69, 9.17) is 10.5 Å². The molecule has 3 atom stereocenters. The molecule has 1 saturated heterocycles. The first-order chi connectivity index (χ1) is 9.20. The van der Waals surface area contributed by atoms with E-state index >= 15 is 0 Å². The van der Waals surface area contributed by atoms with Gasteiger partial charge in [0.05, 0.1) is 25.9 Å². The first-order valence-electron chi connectivity index (χ1n) is 7.44. The molecule has 1 aliphatic heterocycles. The smallest absolute Gasteiger partial charge is 0.223 e. The molecule has 1 amide bonds. The highest BCUT2D eigenvalue weighted by atomic mass is 16.5. The Bertz CT molecular complexity index is 298. The van der Waals surface area contributed by atoms with Crippen molar-refractivity contribution < 1.29 is 14.6 Å². The Labute approximate surface area is 115 Å². The molecule has 0 bridgehead atoms. The minimum Gasteiger partial charge on any atom is -0.394 e. The van der Waals surface area contributed by atoms with Gasteiger partial charge in [-0.05, 0) is 25.2 Å². The number of aliphatic hydroxyl groups excluding tert-OH is 1. The van der Waals surface area contributed by atoms with Crippen molar-refractivity contribution in [1.82, 2.24) is 4.90 Å². The molecule has 0 spiro atoms. The highest BCUT2D eigenvalue weighted by molar-refractivity contribution is 5.76. The molecule has 0 aromatic carbocycles. The number of nitrogens with two attached hydrogens (primary N) is 1. The number of amides is 1. The zero-order valence-corrected chi connectivity index (χ0v) is 11.6. The van der Waals surface area contributed by atoms with Gasteiger partial charge in [0.1, 0.15) is 0 Å². The molecule has 3 unspecified atom stereocenters. The maximum atomic E-state index is 12.2. The summed E-state index contributed by atoms with van der Waals surface area (Å²) in [6, 6.07) is 0.164. The molecular weight excluding hydrogens is 244 g/mol. The lowest BCUT2D eigenvalue weighted by molar-refractivity contribution is -0.142. The van der Waals surface area contributed by atoms with Crippen LogP contribution in [0.5, 0.6) is 0 Å². The summed E-state index contributed by atoms with van der Waals surface area (Å²) in [6.45, 7) is 1.63. The molecule has 19 heavy (non-hydrogen) atoms. The van der Waals surface area contributed by atoms with Crippen LogP contribution in [0.15, 0.2) is 0 Å². The fraction of sp³-hybridized carbons (Fsp3) is 0.929. The average molecular weight is 270 g/mol. The summed E-state index contributed by atoms with van der Waals surface area (Å²) < 4.78 is 5.29. The Balaban J connectivity index is 1.76. The number of carbonyl (C=O) groups excluding carboxylic acids is 1. The number of ether oxygens (including phenoxy) is 1. The van der Waals surface area contributed by atoms with E-state index in [0.29, 0.717) is 38.1 Å². The van der Waals surface area contributed by atoms with Crippen molar-refractivity contribution in [2.45, 2.75) is 50.6 Å². The molecule has 110 valence electrons. The summed E-state index contributed by atoms with van der Waals surface area (Å²) in [5.41, 5.74) is 5.97. The van der Waals surface area contributed by atoms with Gasteiger partial charge in [-0.1, -0.05) is 12.8 Å². The van der Waals surface area contributed by atoms with Crippen LogP contribution in [-0.2, 0) is 9.53 Å². The molecule has 0 radical (unpaired) electrons. The second-order valence-electron chi connectivity index (χ2n) is 5.83. The van der Waals surface area contributed by atoms with Crippen LogP contribution < -0.4 is 5.73 Å². The van der Waals surface area contributed by atoms with Crippen LogP contribution in [0, 0.1) is 5.92 Å². The van der Waals surface area contributed by atoms with E-state index in [2.05, 4.69) is 0 Å². The fourth-order valence-corrected chi connectivity index (χ4v) is 3.20. The molecule has 2 fully saturated rings. The average Bonchev–Trinajstić information content (AvgIpc) is 2.45. The number of nitrogens with zero attached hydrogens (tertiary/aromatic N) is 1. The number of hydrogen-bond donors (Lipinski definition) is 2. The minimum atomic E-state index is -0.158. The van der Waals surface area contributed by atoms with Crippen LogP contribution in [0.4, 0.5) is 0 Å². The van der Waals surface area contributed by atoms with Crippen molar-refractivity contribution in [3.05, 3.63) is 0 Å². The van der Waals surface area contributed by atoms with Crippen molar-refractivity contribution >= 4 is 5.91 Å². The standard InChI is InChI=1S/C14H26N2O3/c15-12-3-1-2-11(8-12)4-5-14(18)16-6-7-19-10-13(16)9-17/h11-13,17H,1-10,15H2. The van der Waals surface area contributed by atoms with Crippen molar-refractivity contribution in [1.29, 1.82) is 0 Å². The van der Waals surface area contributed by atoms with Gasteiger partial charge in [-0.3, -0.25) is 4.79 Å². The van der Waals surface area contributed by atoms with E-state index in [1.807, 2.05) is 0 Å². The van der Waals surface area contributed by atoms with E-state index in [-0.39, 0.29) is 18.6 Å². The van der Waals surface area contributed by atoms with Gasteiger partial charge in [-0.15, -0.1) is 0 Å². The van der Waals surface area contributed by atoms with E-state index in [1.165, 1.54) is 12.8 Å². The largest absolute Gasteiger partial charge is 0.394 e. The number of carbonyl (C=O) groups is 1. The number of aliphatic hydroxyl groups is 1. The van der Waals surface area contributed by atoms with Gasteiger partial charge in [0.2, 0.25) is 5.91 Å². The Kier molecular flexibility index (Phi) is 5.60. The van der Waals surface area contributed by atoms with E-state index in [9.17, 15) is 9.90 Å². The lowest BCUT2D eigenvalue weighted by Gasteiger charge is -2.35. The van der Waals surface area contributed by atoms with Crippen LogP contribution in [-0.4, -0.2) is 54.4 Å². The summed E-state index contributed by atoms with van der Waals surface area (Å²) in [6.07, 6.45) is 6.08. The molecule has 1 heterocycles. The van der Waals surface area contributed by atoms with Crippen molar-refractivity contribution in [3.63, 3.8) is 0 Å². The van der Waals surface area contributed by atoms with E-state index in [0.717, 1.165) is 19.3 Å². The van der Waals surface area contributed by atoms with Crippen LogP contribution >= 0.6 is 0 Å². The second-order valence-corrected chi connectivity index (χ2v) is 5.83. The van der Waals surface area contributed by atoms with E-state index in [1.54, 1.807) is 4.90 Å². The minimum absolute atomic E-state index is 0.0138. The molecule has 0 aromatic rings. The predicted octanol–water partition coefficient (Wildman–Crippen LogP) is 0.504. The summed E-state index contributed by atoms with van der Waals surface area (Å²) in [7, 11) is 0. The third kappa shape index (κ3) is 4.16. The van der Waals surface area contributed by atoms with Gasteiger partial charge in [0, 0.05) is 19.0 Å². The Hall–Kier alpha value is -0.650. The van der Waals surface area contributed by atoms with Gasteiger partial charge in [-0.2, -0.15) is 0 Å². The Morgan fingerprint density at radius 2 is 2.26 bits per heavy atom. The van der Waals surface area contributed by atoms with Crippen LogP contribution in [0.1, 0.15) is 38.5 Å². The van der Waals surface area contributed by atoms with Gasteiger partial charge in [0.25, 0.3) is 0 Å². The van der Waals surface area contributed by atoms with Crippen LogP contribution in [0.3, 0.4) is 0 Å². The molecular formula is C14H26N2O3. The zero-order valence-electron chi connectivity index (χ0n) is 11.6. The van der Waals surface area contributed by atoms with Crippen molar-refractivity contribution in [3.8, 4) is 0 Å². The summed E-state index contributed by atoms with van der Waals surface area (Å²) >= 11 is 0. The van der Waals surface area contributed by atoms with E-state index < -0.39 is 0 Å². The predicted molar refractivity (Wildman–Crippen MR) is 72.6 cm³/mol. The summed E-state index contributed by atoms with van der Waals surface area (Å²) in [4.78, 5) is 14.0. The zero-order chi connectivity index (χ0) is 13.7. The third-order valence-electron chi connectivity index (χ3n) is 4.35. The number of morpholine rings is 1. The summed E-state index contributed by atoms with van der Waals surface area (Å²) in [5.74, 6) is 0.753. The van der Waals surface area contributed by atoms with Crippen LogP contribution in [0.2, 0.25) is 0 Å². The summed E-state index contributed by atoms with van der Waals surface area (Å²) in [5, 5.41) is 9.27. The molecule has 5 nitrogen and oxygen atoms in total. The highest BCUT2D eigenvalue weighted by Gasteiger charge is 2.27. The maximum Gasteiger partial charge on any atom is 0.223 e. The SMILES string of the molecule is NC1CCCC(CCC(=O)N2CCOCC2CO)C1. The monoisotopic (exact) mass is 270 g/mol. The van der Waals surface area contributed by atoms with Crippen molar-refractivity contribution in [2.75, 3.05) is 26.4 Å². The Morgan fingerprint density at radius 1 is 1.42 bits per heavy atom. The lowest BCUT2D eigenvalue weighted by Crippen LogP contribution is -2.50. The molecule has 0 aromatic heterocycles. The Morgan fingerprint density at radius 3 is 3.00 bits per heavy atom. The van der Waals surface area contributed by atoms with Gasteiger partial charge in [-0.25, -0.2) is 0 Å². The third-order valence-corrected chi connectivity index (χ3v) is 4.35. The number of rotatable bonds is 4. The van der Waals surface area contributed by atoms with Crippen LogP contribution in [0.25, 0.3) is 0 Å². The maximum absolute atomic E-state index is 12.2. The second kappa shape index (κ2) is 7.22. The normalized spacial score (nSPS) is 32.3. The quantitative estimate of drug-likeness (QED) is 0.780. The topological polar surface area (TPSA) is 75.8 Å². The molecule has 1 saturated carbocycles.